The predicted octanol–water partition coefficient (Wildman–Crippen LogP) is 3.67. The van der Waals surface area contributed by atoms with Crippen molar-refractivity contribution in [1.82, 2.24) is 0 Å². The Morgan fingerprint density at radius 1 is 1.08 bits per heavy atom. The van der Waals surface area contributed by atoms with E-state index in [1.807, 2.05) is 6.92 Å². The van der Waals surface area contributed by atoms with Crippen molar-refractivity contribution in [2.24, 2.45) is 17.8 Å². The third-order valence-corrected chi connectivity index (χ3v) is 2.59. The summed E-state index contributed by atoms with van der Waals surface area (Å²) < 4.78 is 0. The molecule has 0 amide bonds. The van der Waals surface area contributed by atoms with Crippen LogP contribution in [0.3, 0.4) is 0 Å². The van der Waals surface area contributed by atoms with E-state index in [2.05, 4.69) is 20.8 Å². The van der Waals surface area contributed by atoms with Crippen LogP contribution in [0.2, 0.25) is 0 Å². The second-order valence-electron chi connectivity index (χ2n) is 4.58. The van der Waals surface area contributed by atoms with Crippen molar-refractivity contribution in [2.45, 2.75) is 53.4 Å². The van der Waals surface area contributed by atoms with Gasteiger partial charge in [0.25, 0.3) is 0 Å². The lowest BCUT2D eigenvalue weighted by molar-refractivity contribution is -0.111. The van der Waals surface area contributed by atoms with Crippen molar-refractivity contribution in [1.29, 1.82) is 0 Å². The summed E-state index contributed by atoms with van der Waals surface area (Å²) in [5.41, 5.74) is 0. The molecule has 0 aromatic heterocycles. The lowest BCUT2D eigenvalue weighted by Gasteiger charge is -2.17. The van der Waals surface area contributed by atoms with E-state index in [0.29, 0.717) is 5.92 Å². The fraction of sp³-hybridized carbons (Fsp3) is 0.917. The molecular weight excluding hydrogens is 160 g/mol. The van der Waals surface area contributed by atoms with Gasteiger partial charge in [0.2, 0.25) is 0 Å². The van der Waals surface area contributed by atoms with Crippen LogP contribution in [0, 0.1) is 17.8 Å². The van der Waals surface area contributed by atoms with E-state index in [1.165, 1.54) is 19.3 Å². The maximum absolute atomic E-state index is 10.5. The molecule has 0 spiro atoms. The van der Waals surface area contributed by atoms with Crippen molar-refractivity contribution >= 4 is 6.29 Å². The van der Waals surface area contributed by atoms with E-state index in [1.54, 1.807) is 0 Å². The lowest BCUT2D eigenvalue weighted by atomic mass is 9.88. The second-order valence-corrected chi connectivity index (χ2v) is 4.58. The molecular formula is C12H24O. The Kier molecular flexibility index (Phi) is 6.93. The molecule has 0 aromatic carbocycles. The summed E-state index contributed by atoms with van der Waals surface area (Å²) in [6.07, 6.45) is 5.99. The zero-order valence-corrected chi connectivity index (χ0v) is 9.55. The molecule has 3 atom stereocenters. The first-order valence-electron chi connectivity index (χ1n) is 5.55. The smallest absolute Gasteiger partial charge is 0.122 e. The lowest BCUT2D eigenvalue weighted by Crippen LogP contribution is -2.08. The van der Waals surface area contributed by atoms with Gasteiger partial charge in [-0.2, -0.15) is 0 Å². The number of carbonyl (C=O) groups excluding carboxylic acids is 1. The molecule has 0 aliphatic rings. The first kappa shape index (κ1) is 12.7. The van der Waals surface area contributed by atoms with Crippen LogP contribution >= 0.6 is 0 Å². The predicted molar refractivity (Wildman–Crippen MR) is 57.7 cm³/mol. The Morgan fingerprint density at radius 2 is 1.69 bits per heavy atom. The molecule has 0 heterocycles. The number of carbonyl (C=O) groups is 1. The van der Waals surface area contributed by atoms with E-state index in [4.69, 9.17) is 0 Å². The van der Waals surface area contributed by atoms with Crippen LogP contribution < -0.4 is 0 Å². The monoisotopic (exact) mass is 184 g/mol. The highest BCUT2D eigenvalue weighted by molar-refractivity contribution is 5.52. The molecule has 0 aromatic rings. The fourth-order valence-electron chi connectivity index (χ4n) is 2.08. The van der Waals surface area contributed by atoms with E-state index < -0.39 is 0 Å². The van der Waals surface area contributed by atoms with Gasteiger partial charge >= 0.3 is 0 Å². The summed E-state index contributed by atoms with van der Waals surface area (Å²) in [5.74, 6) is 1.75. The van der Waals surface area contributed by atoms with Crippen LogP contribution in [0.1, 0.15) is 53.4 Å². The second kappa shape index (κ2) is 7.11. The van der Waals surface area contributed by atoms with E-state index in [0.717, 1.165) is 18.6 Å². The molecule has 0 bridgehead atoms. The van der Waals surface area contributed by atoms with Crippen LogP contribution in [0.15, 0.2) is 0 Å². The molecule has 0 N–H and O–H groups in total. The fourth-order valence-corrected chi connectivity index (χ4v) is 2.08. The van der Waals surface area contributed by atoms with Crippen molar-refractivity contribution in [3.05, 3.63) is 0 Å². The molecule has 3 unspecified atom stereocenters. The molecule has 0 aliphatic carbocycles. The zero-order valence-electron chi connectivity index (χ0n) is 9.55. The maximum atomic E-state index is 10.5. The van der Waals surface area contributed by atoms with Crippen LogP contribution in [0.5, 0.6) is 0 Å². The molecule has 0 saturated carbocycles. The van der Waals surface area contributed by atoms with Gasteiger partial charge in [-0.25, -0.2) is 0 Å². The summed E-state index contributed by atoms with van der Waals surface area (Å²) >= 11 is 0. The first-order valence-corrected chi connectivity index (χ1v) is 5.55. The van der Waals surface area contributed by atoms with Gasteiger partial charge in [-0.05, 0) is 24.7 Å². The molecule has 13 heavy (non-hydrogen) atoms. The largest absolute Gasteiger partial charge is 0.303 e. The number of aldehydes is 1. The number of rotatable bonds is 7. The highest BCUT2D eigenvalue weighted by Gasteiger charge is 2.11. The van der Waals surface area contributed by atoms with E-state index >= 15 is 0 Å². The molecule has 78 valence electrons. The normalized spacial score (nSPS) is 17.8. The molecule has 0 fully saturated rings. The summed E-state index contributed by atoms with van der Waals surface area (Å²) in [6.45, 7) is 8.81. The third-order valence-electron chi connectivity index (χ3n) is 2.59. The summed E-state index contributed by atoms with van der Waals surface area (Å²) in [6, 6.07) is 0. The first-order chi connectivity index (χ1) is 6.10. The third kappa shape index (κ3) is 6.80. The number of hydrogen-bond donors (Lipinski definition) is 0. The van der Waals surface area contributed by atoms with Crippen molar-refractivity contribution in [3.63, 3.8) is 0 Å². The average molecular weight is 184 g/mol. The SMILES string of the molecule is CCCC(C)CC(C)CC(C)C=O. The van der Waals surface area contributed by atoms with Gasteiger partial charge in [-0.1, -0.05) is 40.5 Å². The van der Waals surface area contributed by atoms with E-state index in [9.17, 15) is 4.79 Å². The maximum Gasteiger partial charge on any atom is 0.122 e. The van der Waals surface area contributed by atoms with Gasteiger partial charge in [-0.15, -0.1) is 0 Å². The summed E-state index contributed by atoms with van der Waals surface area (Å²) in [5, 5.41) is 0. The van der Waals surface area contributed by atoms with Gasteiger partial charge in [-0.3, -0.25) is 0 Å². The Balaban J connectivity index is 3.60. The minimum absolute atomic E-state index is 0.240. The van der Waals surface area contributed by atoms with Crippen molar-refractivity contribution < 1.29 is 4.79 Å². The van der Waals surface area contributed by atoms with Crippen molar-refractivity contribution in [3.8, 4) is 0 Å². The van der Waals surface area contributed by atoms with Crippen LogP contribution in [-0.2, 0) is 4.79 Å². The van der Waals surface area contributed by atoms with Gasteiger partial charge < -0.3 is 4.79 Å². The topological polar surface area (TPSA) is 17.1 Å². The van der Waals surface area contributed by atoms with Gasteiger partial charge in [0, 0.05) is 5.92 Å². The molecule has 0 aliphatic heterocycles. The van der Waals surface area contributed by atoms with E-state index in [-0.39, 0.29) is 5.92 Å². The Labute approximate surface area is 82.9 Å². The quantitative estimate of drug-likeness (QED) is 0.552. The summed E-state index contributed by atoms with van der Waals surface area (Å²) in [7, 11) is 0. The standard InChI is InChI=1S/C12H24O/c1-5-6-10(2)7-11(3)8-12(4)9-13/h9-12H,5-8H2,1-4H3. The summed E-state index contributed by atoms with van der Waals surface area (Å²) in [4.78, 5) is 10.5. The number of hydrogen-bond acceptors (Lipinski definition) is 1. The molecule has 1 heteroatoms. The zero-order chi connectivity index (χ0) is 10.3. The van der Waals surface area contributed by atoms with Crippen LogP contribution in [0.25, 0.3) is 0 Å². The highest BCUT2D eigenvalue weighted by Crippen LogP contribution is 2.21. The van der Waals surface area contributed by atoms with Crippen LogP contribution in [0.4, 0.5) is 0 Å². The Morgan fingerprint density at radius 3 is 2.15 bits per heavy atom. The molecule has 0 rings (SSSR count). The van der Waals surface area contributed by atoms with Gasteiger partial charge in [0.1, 0.15) is 6.29 Å². The minimum Gasteiger partial charge on any atom is -0.303 e. The molecule has 0 radical (unpaired) electrons. The van der Waals surface area contributed by atoms with Crippen LogP contribution in [-0.4, -0.2) is 6.29 Å². The highest BCUT2D eigenvalue weighted by atomic mass is 16.1. The molecule has 1 nitrogen and oxygen atoms in total. The Hall–Kier alpha value is -0.330. The van der Waals surface area contributed by atoms with Gasteiger partial charge in [0.15, 0.2) is 0 Å². The molecule has 0 saturated heterocycles. The van der Waals surface area contributed by atoms with Gasteiger partial charge in [0.05, 0.1) is 0 Å². The average Bonchev–Trinajstić information content (AvgIpc) is 2.04. The minimum atomic E-state index is 0.240. The van der Waals surface area contributed by atoms with Crippen molar-refractivity contribution in [2.75, 3.05) is 0 Å². The Bertz CT molecular complexity index is 131.